The van der Waals surface area contributed by atoms with Crippen molar-refractivity contribution in [1.29, 1.82) is 0 Å². The fraction of sp³-hybridized carbons (Fsp3) is 0. The molecule has 0 amide bonds. The van der Waals surface area contributed by atoms with Crippen LogP contribution < -0.4 is 9.47 Å². The van der Waals surface area contributed by atoms with Crippen molar-refractivity contribution in [3.63, 3.8) is 0 Å². The molecule has 0 aliphatic heterocycles. The first-order valence-electron chi connectivity index (χ1n) is 12.6. The fourth-order valence-corrected chi connectivity index (χ4v) is 3.94. The smallest absolute Gasteiger partial charge is 0.127 e. The summed E-state index contributed by atoms with van der Waals surface area (Å²) < 4.78 is 11.7. The molecular weight excluding hydrogens is 464 g/mol. The van der Waals surface area contributed by atoms with Crippen LogP contribution in [0.3, 0.4) is 0 Å². The Morgan fingerprint density at radius 3 is 0.763 bits per heavy atom. The van der Waals surface area contributed by atoms with E-state index in [2.05, 4.69) is 72.8 Å². The molecule has 0 unspecified atom stereocenters. The third kappa shape index (κ3) is 6.99. The van der Waals surface area contributed by atoms with Crippen molar-refractivity contribution in [1.82, 2.24) is 0 Å². The van der Waals surface area contributed by atoms with Gasteiger partial charge in [0.05, 0.1) is 0 Å². The third-order valence-electron chi connectivity index (χ3n) is 5.88. The first-order chi connectivity index (χ1) is 18.8. The summed E-state index contributed by atoms with van der Waals surface area (Å²) in [5.41, 5.74) is 4.82. The Labute approximate surface area is 224 Å². The molecular formula is C36H28O2. The van der Waals surface area contributed by atoms with Gasteiger partial charge in [-0.25, -0.2) is 0 Å². The molecule has 6 aromatic carbocycles. The molecule has 0 atom stereocenters. The lowest BCUT2D eigenvalue weighted by atomic mass is 10.1. The van der Waals surface area contributed by atoms with E-state index in [9.17, 15) is 0 Å². The molecule has 38 heavy (non-hydrogen) atoms. The van der Waals surface area contributed by atoms with Crippen LogP contribution in [0.15, 0.2) is 170 Å². The molecule has 6 rings (SSSR count). The molecule has 0 fully saturated rings. The minimum Gasteiger partial charge on any atom is -0.457 e. The molecule has 0 saturated carbocycles. The van der Waals surface area contributed by atoms with E-state index < -0.39 is 0 Å². The van der Waals surface area contributed by atoms with Crippen LogP contribution in [0.4, 0.5) is 0 Å². The molecule has 6 aromatic rings. The van der Waals surface area contributed by atoms with Crippen molar-refractivity contribution in [3.8, 4) is 45.3 Å². The van der Waals surface area contributed by atoms with Gasteiger partial charge in [-0.3, -0.25) is 0 Å². The minimum atomic E-state index is 0.823. The van der Waals surface area contributed by atoms with E-state index in [4.69, 9.17) is 9.47 Å². The van der Waals surface area contributed by atoms with Gasteiger partial charge in [0.1, 0.15) is 23.0 Å². The molecule has 0 spiro atoms. The van der Waals surface area contributed by atoms with Crippen molar-refractivity contribution in [3.05, 3.63) is 170 Å². The number of para-hydroxylation sites is 2. The third-order valence-corrected chi connectivity index (χ3v) is 5.88. The van der Waals surface area contributed by atoms with E-state index in [0.29, 0.717) is 0 Å². The zero-order valence-electron chi connectivity index (χ0n) is 21.0. The highest BCUT2D eigenvalue weighted by atomic mass is 16.5. The lowest BCUT2D eigenvalue weighted by molar-refractivity contribution is 0.482. The second kappa shape index (κ2) is 12.8. The predicted octanol–water partition coefficient (Wildman–Crippen LogP) is 10.3. The summed E-state index contributed by atoms with van der Waals surface area (Å²) in [4.78, 5) is 0. The fourth-order valence-electron chi connectivity index (χ4n) is 3.94. The topological polar surface area (TPSA) is 18.5 Å². The highest BCUT2D eigenvalue weighted by Crippen LogP contribution is 2.28. The van der Waals surface area contributed by atoms with Crippen LogP contribution in [-0.2, 0) is 0 Å². The van der Waals surface area contributed by atoms with E-state index in [-0.39, 0.29) is 0 Å². The highest BCUT2D eigenvalue weighted by Gasteiger charge is 2.02. The SMILES string of the molecule is c1ccc(-c2ccccc2)cc1.c1ccc(Oc2ccc(-c3ccc(Oc4ccccc4)cc3)cc2)cc1. The quantitative estimate of drug-likeness (QED) is 0.230. The summed E-state index contributed by atoms with van der Waals surface area (Å²) in [6, 6.07) is 56.5. The summed E-state index contributed by atoms with van der Waals surface area (Å²) in [5, 5.41) is 0. The molecule has 0 aliphatic rings. The monoisotopic (exact) mass is 492 g/mol. The lowest BCUT2D eigenvalue weighted by Gasteiger charge is -2.08. The Kier molecular flexibility index (Phi) is 8.26. The van der Waals surface area contributed by atoms with E-state index in [1.54, 1.807) is 0 Å². The summed E-state index contributed by atoms with van der Waals surface area (Å²) >= 11 is 0. The maximum Gasteiger partial charge on any atom is 0.127 e. The van der Waals surface area contributed by atoms with Crippen LogP contribution in [0.5, 0.6) is 23.0 Å². The molecule has 0 aromatic heterocycles. The molecule has 2 heteroatoms. The van der Waals surface area contributed by atoms with Crippen molar-refractivity contribution in [2.24, 2.45) is 0 Å². The van der Waals surface area contributed by atoms with Crippen LogP contribution in [0.25, 0.3) is 22.3 Å². The van der Waals surface area contributed by atoms with Gasteiger partial charge in [-0.05, 0) is 70.8 Å². The molecule has 0 radical (unpaired) electrons. The second-order valence-corrected chi connectivity index (χ2v) is 8.61. The van der Waals surface area contributed by atoms with E-state index >= 15 is 0 Å². The molecule has 0 N–H and O–H groups in total. The van der Waals surface area contributed by atoms with Crippen LogP contribution >= 0.6 is 0 Å². The van der Waals surface area contributed by atoms with Gasteiger partial charge >= 0.3 is 0 Å². The molecule has 0 bridgehead atoms. The van der Waals surface area contributed by atoms with Crippen molar-refractivity contribution in [2.45, 2.75) is 0 Å². The predicted molar refractivity (Wildman–Crippen MR) is 157 cm³/mol. The molecule has 0 aliphatic carbocycles. The van der Waals surface area contributed by atoms with Crippen LogP contribution in [0.1, 0.15) is 0 Å². The van der Waals surface area contributed by atoms with Gasteiger partial charge in [0.25, 0.3) is 0 Å². The van der Waals surface area contributed by atoms with Gasteiger partial charge in [-0.2, -0.15) is 0 Å². The summed E-state index contributed by atoms with van der Waals surface area (Å²) in [7, 11) is 0. The van der Waals surface area contributed by atoms with E-state index in [0.717, 1.165) is 34.1 Å². The maximum absolute atomic E-state index is 5.83. The molecule has 2 nitrogen and oxygen atoms in total. The molecule has 184 valence electrons. The first-order valence-corrected chi connectivity index (χ1v) is 12.6. The Morgan fingerprint density at radius 1 is 0.211 bits per heavy atom. The number of rotatable bonds is 6. The van der Waals surface area contributed by atoms with Crippen molar-refractivity contribution < 1.29 is 9.47 Å². The Balaban J connectivity index is 0.000000204. The zero-order valence-corrected chi connectivity index (χ0v) is 21.0. The zero-order chi connectivity index (χ0) is 25.8. The van der Waals surface area contributed by atoms with Gasteiger partial charge < -0.3 is 9.47 Å². The average molecular weight is 493 g/mol. The van der Waals surface area contributed by atoms with Gasteiger partial charge in [-0.1, -0.05) is 121 Å². The second-order valence-electron chi connectivity index (χ2n) is 8.61. The molecule has 0 heterocycles. The van der Waals surface area contributed by atoms with Gasteiger partial charge in [0.2, 0.25) is 0 Å². The van der Waals surface area contributed by atoms with Gasteiger partial charge in [0, 0.05) is 0 Å². The highest BCUT2D eigenvalue weighted by molar-refractivity contribution is 5.65. The summed E-state index contributed by atoms with van der Waals surface area (Å²) in [6.07, 6.45) is 0. The Morgan fingerprint density at radius 2 is 0.447 bits per heavy atom. The summed E-state index contributed by atoms with van der Waals surface area (Å²) in [6.45, 7) is 0. The standard InChI is InChI=1S/C24H18O2.C12H10/c1-3-7-21(8-4-1)25-23-15-11-19(12-16-23)20-13-17-24(18-14-20)26-22-9-5-2-6-10-22;1-3-7-11(8-4-1)12-9-5-2-6-10-12/h1-18H;1-10H. The van der Waals surface area contributed by atoms with E-state index in [1.807, 2.05) is 97.1 Å². The number of hydrogen-bond donors (Lipinski definition) is 0. The number of benzene rings is 6. The van der Waals surface area contributed by atoms with Crippen molar-refractivity contribution >= 4 is 0 Å². The van der Waals surface area contributed by atoms with Crippen LogP contribution in [0, 0.1) is 0 Å². The normalized spacial score (nSPS) is 10.1. The summed E-state index contributed by atoms with van der Waals surface area (Å²) in [5.74, 6) is 3.32. The van der Waals surface area contributed by atoms with Crippen LogP contribution in [0.2, 0.25) is 0 Å². The Bertz CT molecular complexity index is 1380. The van der Waals surface area contributed by atoms with Crippen molar-refractivity contribution in [2.75, 3.05) is 0 Å². The Hall–Kier alpha value is -5.08. The van der Waals surface area contributed by atoms with E-state index in [1.165, 1.54) is 11.1 Å². The number of ether oxygens (including phenoxy) is 2. The first kappa shape index (κ1) is 24.6. The van der Waals surface area contributed by atoms with Gasteiger partial charge in [-0.15, -0.1) is 0 Å². The average Bonchev–Trinajstić information content (AvgIpc) is 3.00. The largest absolute Gasteiger partial charge is 0.457 e. The van der Waals surface area contributed by atoms with Gasteiger partial charge in [0.15, 0.2) is 0 Å². The van der Waals surface area contributed by atoms with Crippen LogP contribution in [-0.4, -0.2) is 0 Å². The molecule has 0 saturated heterocycles. The minimum absolute atomic E-state index is 0.823. The maximum atomic E-state index is 5.83. The number of hydrogen-bond acceptors (Lipinski definition) is 2. The lowest BCUT2D eigenvalue weighted by Crippen LogP contribution is -1.85.